The molecular formula is C18H25NO5. The zero-order valence-electron chi connectivity index (χ0n) is 14.4. The van der Waals surface area contributed by atoms with Crippen LogP contribution >= 0.6 is 0 Å². The molecule has 1 aromatic rings. The van der Waals surface area contributed by atoms with Gasteiger partial charge in [-0.15, -0.1) is 0 Å². The van der Waals surface area contributed by atoms with Crippen molar-refractivity contribution in [2.24, 2.45) is 0 Å². The highest BCUT2D eigenvalue weighted by molar-refractivity contribution is 5.82. The Morgan fingerprint density at radius 3 is 2.54 bits per heavy atom. The summed E-state index contributed by atoms with van der Waals surface area (Å²) < 4.78 is 11.0. The summed E-state index contributed by atoms with van der Waals surface area (Å²) in [6, 6.07) is 7.85. The van der Waals surface area contributed by atoms with Crippen molar-refractivity contribution in [3.05, 3.63) is 29.8 Å². The van der Waals surface area contributed by atoms with Gasteiger partial charge in [-0.2, -0.15) is 0 Å². The maximum absolute atomic E-state index is 12.0. The molecule has 2 rings (SSSR count). The van der Waals surface area contributed by atoms with Gasteiger partial charge in [0.05, 0.1) is 6.54 Å². The number of ether oxygens (including phenoxy) is 2. The number of para-hydroxylation sites is 1. The van der Waals surface area contributed by atoms with E-state index in [1.54, 1.807) is 0 Å². The smallest absolute Gasteiger partial charge is 0.332 e. The second kappa shape index (κ2) is 7.66. The standard InChI is InChI=1S/C18H25NO5/c1-18(2,3)12-6-4-5-7-13(12)23-11-10-19-16(20)14-8-9-15(24-14)17(21)22/h4-7,14-15H,8-11H2,1-3H3,(H,19,20)(H,21,22)/t14-,15+/m0/s1. The van der Waals surface area contributed by atoms with Crippen LogP contribution in [-0.4, -0.2) is 42.3 Å². The number of hydrogen-bond acceptors (Lipinski definition) is 4. The lowest BCUT2D eigenvalue weighted by atomic mass is 9.86. The van der Waals surface area contributed by atoms with Crippen molar-refractivity contribution in [1.82, 2.24) is 5.32 Å². The number of carbonyl (C=O) groups is 2. The van der Waals surface area contributed by atoms with Crippen LogP contribution < -0.4 is 10.1 Å². The maximum Gasteiger partial charge on any atom is 0.332 e. The van der Waals surface area contributed by atoms with Crippen molar-refractivity contribution in [1.29, 1.82) is 0 Å². The van der Waals surface area contributed by atoms with Gasteiger partial charge in [-0.05, 0) is 29.9 Å². The zero-order valence-corrected chi connectivity index (χ0v) is 14.4. The lowest BCUT2D eigenvalue weighted by molar-refractivity contribution is -0.151. The minimum absolute atomic E-state index is 0.0244. The van der Waals surface area contributed by atoms with Gasteiger partial charge in [0.15, 0.2) is 6.10 Å². The Morgan fingerprint density at radius 2 is 1.92 bits per heavy atom. The average molecular weight is 335 g/mol. The molecule has 1 aromatic carbocycles. The number of rotatable bonds is 6. The van der Waals surface area contributed by atoms with Gasteiger partial charge in [0.2, 0.25) is 5.91 Å². The van der Waals surface area contributed by atoms with E-state index in [0.29, 0.717) is 26.0 Å². The first-order valence-corrected chi connectivity index (χ1v) is 8.17. The SMILES string of the molecule is CC(C)(C)c1ccccc1OCCNC(=O)[C@@H]1CC[C@H](C(=O)O)O1. The average Bonchev–Trinajstić information content (AvgIpc) is 3.01. The van der Waals surface area contributed by atoms with Crippen molar-refractivity contribution in [2.75, 3.05) is 13.2 Å². The molecule has 0 aromatic heterocycles. The Morgan fingerprint density at radius 1 is 1.25 bits per heavy atom. The molecular weight excluding hydrogens is 310 g/mol. The highest BCUT2D eigenvalue weighted by atomic mass is 16.5. The summed E-state index contributed by atoms with van der Waals surface area (Å²) in [4.78, 5) is 22.8. The first-order chi connectivity index (χ1) is 11.3. The van der Waals surface area contributed by atoms with Gasteiger partial charge in [0.25, 0.3) is 0 Å². The fourth-order valence-electron chi connectivity index (χ4n) is 2.67. The predicted molar refractivity (Wildman–Crippen MR) is 89.2 cm³/mol. The Bertz CT molecular complexity index is 593. The van der Waals surface area contributed by atoms with Crippen LogP contribution in [0, 0.1) is 0 Å². The van der Waals surface area contributed by atoms with E-state index in [0.717, 1.165) is 11.3 Å². The van der Waals surface area contributed by atoms with Gasteiger partial charge in [0, 0.05) is 0 Å². The number of aliphatic carboxylic acids is 1. The van der Waals surface area contributed by atoms with Gasteiger partial charge in [0.1, 0.15) is 18.5 Å². The summed E-state index contributed by atoms with van der Waals surface area (Å²) in [6.07, 6.45) is -0.775. The molecule has 1 saturated heterocycles. The molecule has 0 bridgehead atoms. The highest BCUT2D eigenvalue weighted by Crippen LogP contribution is 2.30. The summed E-state index contributed by atoms with van der Waals surface area (Å²) >= 11 is 0. The molecule has 1 fully saturated rings. The molecule has 24 heavy (non-hydrogen) atoms. The van der Waals surface area contributed by atoms with E-state index in [1.807, 2.05) is 24.3 Å². The molecule has 0 unspecified atom stereocenters. The summed E-state index contributed by atoms with van der Waals surface area (Å²) in [6.45, 7) is 7.04. The van der Waals surface area contributed by atoms with Crippen molar-refractivity contribution in [3.63, 3.8) is 0 Å². The number of carbonyl (C=O) groups excluding carboxylic acids is 1. The van der Waals surface area contributed by atoms with E-state index in [4.69, 9.17) is 14.6 Å². The number of carboxylic acids is 1. The molecule has 132 valence electrons. The molecule has 0 aliphatic carbocycles. The summed E-state index contributed by atoms with van der Waals surface area (Å²) in [5, 5.41) is 11.6. The minimum atomic E-state index is -1.02. The number of nitrogens with one attached hydrogen (secondary N) is 1. The monoisotopic (exact) mass is 335 g/mol. The molecule has 1 amide bonds. The molecule has 0 saturated carbocycles. The Labute approximate surface area is 142 Å². The van der Waals surface area contributed by atoms with E-state index >= 15 is 0 Å². The zero-order chi connectivity index (χ0) is 17.7. The molecule has 0 radical (unpaired) electrons. The molecule has 6 nitrogen and oxygen atoms in total. The second-order valence-corrected chi connectivity index (χ2v) is 6.91. The van der Waals surface area contributed by atoms with E-state index in [1.165, 1.54) is 0 Å². The Balaban J connectivity index is 1.78. The highest BCUT2D eigenvalue weighted by Gasteiger charge is 2.34. The molecule has 2 N–H and O–H groups in total. The number of carboxylic acid groups (broad SMARTS) is 1. The Kier molecular flexibility index (Phi) is 5.83. The summed E-state index contributed by atoms with van der Waals surface area (Å²) in [5.74, 6) is -0.499. The van der Waals surface area contributed by atoms with Crippen LogP contribution in [-0.2, 0) is 19.7 Å². The number of hydrogen-bond donors (Lipinski definition) is 2. The van der Waals surface area contributed by atoms with Crippen LogP contribution in [0.3, 0.4) is 0 Å². The van der Waals surface area contributed by atoms with Gasteiger partial charge < -0.3 is 19.9 Å². The van der Waals surface area contributed by atoms with Crippen LogP contribution in [0.2, 0.25) is 0 Å². The molecule has 1 heterocycles. The third kappa shape index (κ3) is 4.71. The van der Waals surface area contributed by atoms with Crippen molar-refractivity contribution < 1.29 is 24.2 Å². The first-order valence-electron chi connectivity index (χ1n) is 8.17. The Hall–Kier alpha value is -2.08. The van der Waals surface area contributed by atoms with E-state index in [2.05, 4.69) is 26.1 Å². The van der Waals surface area contributed by atoms with Crippen LogP contribution in [0.4, 0.5) is 0 Å². The molecule has 0 spiro atoms. The van der Waals surface area contributed by atoms with Crippen LogP contribution in [0.5, 0.6) is 5.75 Å². The van der Waals surface area contributed by atoms with Gasteiger partial charge in [-0.1, -0.05) is 39.0 Å². The number of benzene rings is 1. The summed E-state index contributed by atoms with van der Waals surface area (Å²) in [7, 11) is 0. The first kappa shape index (κ1) is 18.3. The van der Waals surface area contributed by atoms with Gasteiger partial charge in [-0.3, -0.25) is 4.79 Å². The third-order valence-electron chi connectivity index (χ3n) is 3.94. The third-order valence-corrected chi connectivity index (χ3v) is 3.94. The van der Waals surface area contributed by atoms with Gasteiger partial charge >= 0.3 is 5.97 Å². The van der Waals surface area contributed by atoms with Crippen LogP contribution in [0.15, 0.2) is 24.3 Å². The van der Waals surface area contributed by atoms with Gasteiger partial charge in [-0.25, -0.2) is 4.79 Å². The fraction of sp³-hybridized carbons (Fsp3) is 0.556. The topological polar surface area (TPSA) is 84.9 Å². The fourth-order valence-corrected chi connectivity index (χ4v) is 2.67. The molecule has 6 heteroatoms. The predicted octanol–water partition coefficient (Wildman–Crippen LogP) is 2.11. The largest absolute Gasteiger partial charge is 0.491 e. The molecule has 1 aliphatic rings. The van der Waals surface area contributed by atoms with Crippen LogP contribution in [0.25, 0.3) is 0 Å². The second-order valence-electron chi connectivity index (χ2n) is 6.91. The van der Waals surface area contributed by atoms with Crippen molar-refractivity contribution >= 4 is 11.9 Å². The number of amides is 1. The van der Waals surface area contributed by atoms with Crippen molar-refractivity contribution in [2.45, 2.75) is 51.2 Å². The normalized spacial score (nSPS) is 20.6. The van der Waals surface area contributed by atoms with Crippen LogP contribution in [0.1, 0.15) is 39.2 Å². The van der Waals surface area contributed by atoms with E-state index < -0.39 is 18.2 Å². The molecule has 2 atom stereocenters. The summed E-state index contributed by atoms with van der Waals surface area (Å²) in [5.41, 5.74) is 1.09. The lowest BCUT2D eigenvalue weighted by Gasteiger charge is -2.22. The lowest BCUT2D eigenvalue weighted by Crippen LogP contribution is -2.37. The molecule has 1 aliphatic heterocycles. The van der Waals surface area contributed by atoms with E-state index in [-0.39, 0.29) is 11.3 Å². The van der Waals surface area contributed by atoms with E-state index in [9.17, 15) is 9.59 Å². The quantitative estimate of drug-likeness (QED) is 0.778. The maximum atomic E-state index is 12.0. The minimum Gasteiger partial charge on any atom is -0.491 e. The van der Waals surface area contributed by atoms with Crippen molar-refractivity contribution in [3.8, 4) is 5.75 Å².